The predicted octanol–water partition coefficient (Wildman–Crippen LogP) is -0.209. The minimum absolute atomic E-state index is 0.0378. The Hall–Kier alpha value is -2.48. The van der Waals surface area contributed by atoms with Gasteiger partial charge in [-0.25, -0.2) is 9.97 Å². The second-order valence-corrected chi connectivity index (χ2v) is 3.77. The summed E-state index contributed by atoms with van der Waals surface area (Å²) in [6, 6.07) is 0. The number of fused-ring (bicyclic) bond motifs is 1. The fourth-order valence-electron chi connectivity index (χ4n) is 1.81. The van der Waals surface area contributed by atoms with Crippen LogP contribution in [-0.2, 0) is 6.54 Å². The Morgan fingerprint density at radius 2 is 2.28 bits per heavy atom. The van der Waals surface area contributed by atoms with Crippen LogP contribution in [0.15, 0.2) is 18.7 Å². The van der Waals surface area contributed by atoms with E-state index in [1.807, 2.05) is 0 Å². The van der Waals surface area contributed by atoms with Crippen LogP contribution in [0.3, 0.4) is 0 Å². The molecule has 0 atom stereocenters. The maximum Gasteiger partial charge on any atom is 0.186 e. The third-order valence-electron chi connectivity index (χ3n) is 2.63. The Labute approximate surface area is 101 Å². The number of nitrogens with zero attached hydrogens (tertiary/aromatic N) is 5. The number of anilines is 1. The van der Waals surface area contributed by atoms with Gasteiger partial charge in [0.25, 0.3) is 0 Å². The highest BCUT2D eigenvalue weighted by Crippen LogP contribution is 2.27. The highest BCUT2D eigenvalue weighted by Gasteiger charge is 2.13. The molecule has 0 saturated heterocycles. The van der Waals surface area contributed by atoms with E-state index in [-0.39, 0.29) is 6.61 Å². The summed E-state index contributed by atoms with van der Waals surface area (Å²) in [5.41, 5.74) is 7.90. The molecule has 3 aromatic rings. The normalized spacial score (nSPS) is 11.2. The molecule has 0 saturated carbocycles. The molecule has 0 aliphatic carbocycles. The lowest BCUT2D eigenvalue weighted by atomic mass is 10.2. The lowest BCUT2D eigenvalue weighted by Gasteiger charge is -1.97. The molecule has 0 aromatic carbocycles. The highest BCUT2D eigenvalue weighted by molar-refractivity contribution is 5.97. The van der Waals surface area contributed by atoms with Crippen LogP contribution in [0.25, 0.3) is 22.3 Å². The van der Waals surface area contributed by atoms with Crippen LogP contribution in [0.4, 0.5) is 5.82 Å². The summed E-state index contributed by atoms with van der Waals surface area (Å²) in [5, 5.41) is 20.6. The molecule has 18 heavy (non-hydrogen) atoms. The van der Waals surface area contributed by atoms with Crippen molar-refractivity contribution in [2.75, 3.05) is 12.3 Å². The number of nitrogens with one attached hydrogen (secondary N) is 1. The first-order valence-electron chi connectivity index (χ1n) is 5.38. The van der Waals surface area contributed by atoms with Crippen LogP contribution in [-0.4, -0.2) is 41.7 Å². The summed E-state index contributed by atoms with van der Waals surface area (Å²) >= 11 is 0. The average Bonchev–Trinajstić information content (AvgIpc) is 2.96. The van der Waals surface area contributed by atoms with Crippen LogP contribution in [0.5, 0.6) is 0 Å². The molecule has 8 heteroatoms. The third kappa shape index (κ3) is 1.59. The summed E-state index contributed by atoms with van der Waals surface area (Å²) in [7, 11) is 0. The van der Waals surface area contributed by atoms with Crippen molar-refractivity contribution >= 4 is 16.9 Å². The van der Waals surface area contributed by atoms with E-state index < -0.39 is 0 Å². The number of rotatable bonds is 3. The minimum Gasteiger partial charge on any atom is -0.394 e. The van der Waals surface area contributed by atoms with Gasteiger partial charge in [-0.1, -0.05) is 0 Å². The molecule has 0 radical (unpaired) electrons. The van der Waals surface area contributed by atoms with Crippen molar-refractivity contribution in [1.82, 2.24) is 29.9 Å². The van der Waals surface area contributed by atoms with Gasteiger partial charge >= 0.3 is 0 Å². The molecule has 3 heterocycles. The van der Waals surface area contributed by atoms with Gasteiger partial charge in [-0.3, -0.25) is 9.78 Å². The zero-order valence-corrected chi connectivity index (χ0v) is 9.41. The van der Waals surface area contributed by atoms with Crippen molar-refractivity contribution in [3.63, 3.8) is 0 Å². The molecule has 3 aromatic heterocycles. The molecule has 0 bridgehead atoms. The second-order valence-electron chi connectivity index (χ2n) is 3.77. The number of hydrogen-bond acceptors (Lipinski definition) is 6. The number of aromatic nitrogens is 6. The molecule has 0 amide bonds. The maximum absolute atomic E-state index is 8.85. The lowest BCUT2D eigenvalue weighted by molar-refractivity contribution is 0.269. The molecular formula is C10H11N7O. The van der Waals surface area contributed by atoms with Crippen LogP contribution in [0.2, 0.25) is 0 Å². The van der Waals surface area contributed by atoms with Gasteiger partial charge in [0.15, 0.2) is 5.65 Å². The van der Waals surface area contributed by atoms with E-state index in [2.05, 4.69) is 25.3 Å². The summed E-state index contributed by atoms with van der Waals surface area (Å²) in [4.78, 5) is 7.98. The number of nitrogens with two attached hydrogens (primary N) is 1. The quantitative estimate of drug-likeness (QED) is 0.587. The van der Waals surface area contributed by atoms with E-state index in [4.69, 9.17) is 10.8 Å². The first-order chi connectivity index (χ1) is 8.79. The van der Waals surface area contributed by atoms with Crippen molar-refractivity contribution in [2.24, 2.45) is 0 Å². The van der Waals surface area contributed by atoms with Crippen LogP contribution in [0.1, 0.15) is 0 Å². The standard InChI is InChI=1S/C10H11N7O/c11-9-7-8(15-16-10(7)13-5-12-9)6-3-14-17(4-6)1-2-18/h3-5,18H,1-2H2,(H3,11,12,13,15,16). The fourth-order valence-corrected chi connectivity index (χ4v) is 1.81. The van der Waals surface area contributed by atoms with E-state index >= 15 is 0 Å². The number of H-pyrrole nitrogens is 1. The first kappa shape index (κ1) is 10.7. The van der Waals surface area contributed by atoms with Gasteiger partial charge in [0, 0.05) is 11.8 Å². The molecule has 0 fully saturated rings. The van der Waals surface area contributed by atoms with Crippen molar-refractivity contribution < 1.29 is 5.11 Å². The molecular weight excluding hydrogens is 234 g/mol. The summed E-state index contributed by atoms with van der Waals surface area (Å²) in [6.45, 7) is 0.480. The highest BCUT2D eigenvalue weighted by atomic mass is 16.3. The Morgan fingerprint density at radius 3 is 3.11 bits per heavy atom. The van der Waals surface area contributed by atoms with Crippen LogP contribution >= 0.6 is 0 Å². The van der Waals surface area contributed by atoms with Gasteiger partial charge in [-0.15, -0.1) is 0 Å². The monoisotopic (exact) mass is 245 g/mol. The molecule has 3 rings (SSSR count). The van der Waals surface area contributed by atoms with Crippen molar-refractivity contribution in [2.45, 2.75) is 6.54 Å². The summed E-state index contributed by atoms with van der Waals surface area (Å²) in [5.74, 6) is 0.374. The molecule has 0 aliphatic rings. The van der Waals surface area contributed by atoms with Crippen molar-refractivity contribution in [3.8, 4) is 11.3 Å². The van der Waals surface area contributed by atoms with Crippen LogP contribution in [0, 0.1) is 0 Å². The Balaban J connectivity index is 2.13. The van der Waals surface area contributed by atoms with E-state index in [9.17, 15) is 0 Å². The van der Waals surface area contributed by atoms with Gasteiger partial charge in [0.05, 0.1) is 30.4 Å². The molecule has 92 valence electrons. The molecule has 0 unspecified atom stereocenters. The molecule has 0 spiro atoms. The van der Waals surface area contributed by atoms with Gasteiger partial charge in [0.1, 0.15) is 12.1 Å². The third-order valence-corrected chi connectivity index (χ3v) is 2.63. The fraction of sp³-hybridized carbons (Fsp3) is 0.200. The van der Waals surface area contributed by atoms with Gasteiger partial charge in [-0.2, -0.15) is 10.2 Å². The Kier molecular flexibility index (Phi) is 2.41. The maximum atomic E-state index is 8.85. The first-order valence-corrected chi connectivity index (χ1v) is 5.38. The zero-order valence-electron chi connectivity index (χ0n) is 9.41. The van der Waals surface area contributed by atoms with E-state index in [0.717, 1.165) is 11.3 Å². The minimum atomic E-state index is 0.0378. The van der Waals surface area contributed by atoms with Gasteiger partial charge < -0.3 is 10.8 Å². The zero-order chi connectivity index (χ0) is 12.5. The average molecular weight is 245 g/mol. The molecule has 4 N–H and O–H groups in total. The number of aliphatic hydroxyl groups excluding tert-OH is 1. The SMILES string of the molecule is Nc1ncnc2n[nH]c(-c3cnn(CCO)c3)c12. The van der Waals surface area contributed by atoms with Crippen LogP contribution < -0.4 is 5.73 Å². The van der Waals surface area contributed by atoms with Gasteiger partial charge in [0.2, 0.25) is 0 Å². The molecule has 0 aliphatic heterocycles. The second kappa shape index (κ2) is 4.08. The van der Waals surface area contributed by atoms with Crippen molar-refractivity contribution in [3.05, 3.63) is 18.7 Å². The predicted molar refractivity (Wildman–Crippen MR) is 64.4 cm³/mol. The number of nitrogen functional groups attached to an aromatic ring is 1. The van der Waals surface area contributed by atoms with Crippen molar-refractivity contribution in [1.29, 1.82) is 0 Å². The van der Waals surface area contributed by atoms with E-state index in [0.29, 0.717) is 23.4 Å². The van der Waals surface area contributed by atoms with E-state index in [1.54, 1.807) is 17.1 Å². The topological polar surface area (TPSA) is 119 Å². The number of aliphatic hydroxyl groups is 1. The smallest absolute Gasteiger partial charge is 0.186 e. The summed E-state index contributed by atoms with van der Waals surface area (Å²) in [6.07, 6.45) is 4.85. The molecule has 8 nitrogen and oxygen atoms in total. The lowest BCUT2D eigenvalue weighted by Crippen LogP contribution is -2.01. The Morgan fingerprint density at radius 1 is 1.39 bits per heavy atom. The number of hydrogen-bond donors (Lipinski definition) is 3. The Bertz CT molecular complexity index is 686. The van der Waals surface area contributed by atoms with Gasteiger partial charge in [-0.05, 0) is 0 Å². The van der Waals surface area contributed by atoms with E-state index in [1.165, 1.54) is 6.33 Å². The summed E-state index contributed by atoms with van der Waals surface area (Å²) < 4.78 is 1.64. The number of aromatic amines is 1. The largest absolute Gasteiger partial charge is 0.394 e.